The largest absolute Gasteiger partial charge is 0.438 e. The van der Waals surface area contributed by atoms with Crippen LogP contribution in [0.15, 0.2) is 79.0 Å². The number of ether oxygens (including phenoxy) is 1. The summed E-state index contributed by atoms with van der Waals surface area (Å²) < 4.78 is 5.70. The zero-order valence-electron chi connectivity index (χ0n) is 15.3. The molecule has 0 spiro atoms. The lowest BCUT2D eigenvalue weighted by molar-refractivity contribution is -0.120. The van der Waals surface area contributed by atoms with Gasteiger partial charge < -0.3 is 15.4 Å². The molecular weight excluding hydrogens is 354 g/mol. The fourth-order valence-electron chi connectivity index (χ4n) is 2.56. The Kier molecular flexibility index (Phi) is 6.73. The smallest absolute Gasteiger partial charge is 0.256 e. The lowest BCUT2D eigenvalue weighted by Gasteiger charge is -2.11. The van der Waals surface area contributed by atoms with Gasteiger partial charge in [-0.2, -0.15) is 0 Å². The van der Waals surface area contributed by atoms with Crippen molar-refractivity contribution >= 4 is 11.8 Å². The van der Waals surface area contributed by atoms with E-state index in [4.69, 9.17) is 4.74 Å². The Bertz CT molecular complexity index is 915. The van der Waals surface area contributed by atoms with Gasteiger partial charge in [0.25, 0.3) is 5.91 Å². The van der Waals surface area contributed by atoms with Crippen LogP contribution >= 0.6 is 0 Å². The number of benzene rings is 2. The van der Waals surface area contributed by atoms with Crippen molar-refractivity contribution in [3.05, 3.63) is 90.1 Å². The third-order valence-corrected chi connectivity index (χ3v) is 3.91. The molecule has 6 nitrogen and oxygen atoms in total. The Morgan fingerprint density at radius 1 is 0.821 bits per heavy atom. The van der Waals surface area contributed by atoms with Gasteiger partial charge in [-0.25, -0.2) is 4.98 Å². The summed E-state index contributed by atoms with van der Waals surface area (Å²) in [5.74, 6) is 0.439. The molecule has 3 rings (SSSR count). The molecule has 0 aliphatic heterocycles. The van der Waals surface area contributed by atoms with Gasteiger partial charge in [-0.15, -0.1) is 0 Å². The second-order valence-corrected chi connectivity index (χ2v) is 6.04. The molecule has 2 amide bonds. The van der Waals surface area contributed by atoms with Crippen LogP contribution in [0.2, 0.25) is 0 Å². The summed E-state index contributed by atoms with van der Waals surface area (Å²) in [4.78, 5) is 28.5. The van der Waals surface area contributed by atoms with E-state index in [2.05, 4.69) is 15.6 Å². The molecule has 6 heteroatoms. The van der Waals surface area contributed by atoms with Crippen molar-refractivity contribution in [3.63, 3.8) is 0 Å². The lowest BCUT2D eigenvalue weighted by Crippen LogP contribution is -2.35. The van der Waals surface area contributed by atoms with Crippen LogP contribution < -0.4 is 15.4 Å². The van der Waals surface area contributed by atoms with Crippen molar-refractivity contribution in [3.8, 4) is 11.6 Å². The van der Waals surface area contributed by atoms with E-state index in [1.165, 1.54) is 0 Å². The van der Waals surface area contributed by atoms with Gasteiger partial charge in [-0.1, -0.05) is 48.5 Å². The summed E-state index contributed by atoms with van der Waals surface area (Å²) in [5.41, 5.74) is 1.28. The maximum Gasteiger partial charge on any atom is 0.256 e. The molecule has 3 aromatic rings. The summed E-state index contributed by atoms with van der Waals surface area (Å²) in [6, 6.07) is 22.0. The average molecular weight is 375 g/mol. The molecule has 2 aromatic carbocycles. The molecule has 0 aliphatic carbocycles. The fraction of sp³-hybridized carbons (Fsp3) is 0.136. The number of para-hydroxylation sites is 1. The van der Waals surface area contributed by atoms with Crippen LogP contribution in [0.4, 0.5) is 0 Å². The third kappa shape index (κ3) is 5.67. The van der Waals surface area contributed by atoms with Gasteiger partial charge in [0.15, 0.2) is 0 Å². The topological polar surface area (TPSA) is 80.3 Å². The molecule has 0 unspecified atom stereocenters. The maximum absolute atomic E-state index is 12.4. The Balaban J connectivity index is 1.48. The summed E-state index contributed by atoms with van der Waals surface area (Å²) in [6.07, 6.45) is 1.88. The van der Waals surface area contributed by atoms with Gasteiger partial charge in [0.2, 0.25) is 11.8 Å². The predicted octanol–water partition coefficient (Wildman–Crippen LogP) is 2.96. The van der Waals surface area contributed by atoms with Crippen LogP contribution in [-0.2, 0) is 11.2 Å². The molecule has 142 valence electrons. The standard InChI is InChI=1S/C22H21N3O3/c26-20(16-17-8-3-1-4-9-17)23-14-15-24-21(27)19-12-7-13-25-22(19)28-18-10-5-2-6-11-18/h1-13H,14-16H2,(H,23,26)(H,24,27). The van der Waals surface area contributed by atoms with E-state index in [0.717, 1.165) is 5.56 Å². The lowest BCUT2D eigenvalue weighted by atomic mass is 10.1. The Hall–Kier alpha value is -3.67. The Labute approximate surface area is 163 Å². The first kappa shape index (κ1) is 19.1. The molecule has 28 heavy (non-hydrogen) atoms. The molecule has 1 heterocycles. The zero-order valence-corrected chi connectivity index (χ0v) is 15.3. The van der Waals surface area contributed by atoms with Crippen molar-refractivity contribution in [1.82, 2.24) is 15.6 Å². The van der Waals surface area contributed by atoms with Gasteiger partial charge in [0.05, 0.1) is 6.42 Å². The fourth-order valence-corrected chi connectivity index (χ4v) is 2.56. The van der Waals surface area contributed by atoms with Gasteiger partial charge in [-0.3, -0.25) is 9.59 Å². The van der Waals surface area contributed by atoms with E-state index < -0.39 is 0 Å². The SMILES string of the molecule is O=C(Cc1ccccc1)NCCNC(=O)c1cccnc1Oc1ccccc1. The number of amides is 2. The molecule has 0 bridgehead atoms. The number of rotatable bonds is 8. The molecule has 0 aliphatic rings. The highest BCUT2D eigenvalue weighted by molar-refractivity contribution is 5.96. The molecule has 0 fully saturated rings. The highest BCUT2D eigenvalue weighted by atomic mass is 16.5. The van der Waals surface area contributed by atoms with Crippen molar-refractivity contribution < 1.29 is 14.3 Å². The maximum atomic E-state index is 12.4. The molecule has 0 radical (unpaired) electrons. The molecule has 2 N–H and O–H groups in total. The Morgan fingerprint density at radius 3 is 2.25 bits per heavy atom. The van der Waals surface area contributed by atoms with Crippen LogP contribution in [0.25, 0.3) is 0 Å². The van der Waals surface area contributed by atoms with Crippen LogP contribution in [0.1, 0.15) is 15.9 Å². The number of pyridine rings is 1. The monoisotopic (exact) mass is 375 g/mol. The molecule has 0 atom stereocenters. The van der Waals surface area contributed by atoms with Crippen LogP contribution in [-0.4, -0.2) is 29.9 Å². The summed E-state index contributed by atoms with van der Waals surface area (Å²) in [7, 11) is 0. The number of nitrogens with one attached hydrogen (secondary N) is 2. The van der Waals surface area contributed by atoms with Gasteiger partial charge in [-0.05, 0) is 29.8 Å². The van der Waals surface area contributed by atoms with E-state index in [1.807, 2.05) is 48.5 Å². The van der Waals surface area contributed by atoms with Crippen molar-refractivity contribution in [2.24, 2.45) is 0 Å². The second-order valence-electron chi connectivity index (χ2n) is 6.04. The Morgan fingerprint density at radius 2 is 1.50 bits per heavy atom. The van der Waals surface area contributed by atoms with Crippen molar-refractivity contribution in [2.75, 3.05) is 13.1 Å². The number of carbonyl (C=O) groups is 2. The van der Waals surface area contributed by atoms with Crippen molar-refractivity contribution in [2.45, 2.75) is 6.42 Å². The minimum atomic E-state index is -0.309. The molecular formula is C22H21N3O3. The summed E-state index contributed by atoms with van der Waals surface area (Å²) in [5, 5.41) is 5.56. The first-order valence-electron chi connectivity index (χ1n) is 8.99. The molecule has 0 saturated carbocycles. The first-order valence-corrected chi connectivity index (χ1v) is 8.99. The van der Waals surface area contributed by atoms with Crippen molar-refractivity contribution in [1.29, 1.82) is 0 Å². The minimum absolute atomic E-state index is 0.0880. The highest BCUT2D eigenvalue weighted by Crippen LogP contribution is 2.22. The quantitative estimate of drug-likeness (QED) is 0.593. The molecule has 0 saturated heterocycles. The van der Waals surface area contributed by atoms with E-state index in [0.29, 0.717) is 30.8 Å². The van der Waals surface area contributed by atoms with E-state index >= 15 is 0 Å². The van der Waals surface area contributed by atoms with E-state index in [-0.39, 0.29) is 17.7 Å². The number of nitrogens with zero attached hydrogens (tertiary/aromatic N) is 1. The van der Waals surface area contributed by atoms with Crippen LogP contribution in [0, 0.1) is 0 Å². The van der Waals surface area contributed by atoms with E-state index in [1.54, 1.807) is 30.5 Å². The number of carbonyl (C=O) groups excluding carboxylic acids is 2. The second kappa shape index (κ2) is 9.87. The highest BCUT2D eigenvalue weighted by Gasteiger charge is 2.14. The van der Waals surface area contributed by atoms with Gasteiger partial charge in [0.1, 0.15) is 11.3 Å². The number of hydrogen-bond acceptors (Lipinski definition) is 4. The third-order valence-electron chi connectivity index (χ3n) is 3.91. The first-order chi connectivity index (χ1) is 13.7. The normalized spacial score (nSPS) is 10.1. The van der Waals surface area contributed by atoms with Gasteiger partial charge in [0, 0.05) is 19.3 Å². The van der Waals surface area contributed by atoms with Crippen LogP contribution in [0.3, 0.4) is 0 Å². The summed E-state index contributed by atoms with van der Waals surface area (Å²) in [6.45, 7) is 0.644. The minimum Gasteiger partial charge on any atom is -0.438 e. The predicted molar refractivity (Wildman–Crippen MR) is 106 cm³/mol. The van der Waals surface area contributed by atoms with Gasteiger partial charge >= 0.3 is 0 Å². The average Bonchev–Trinajstić information content (AvgIpc) is 2.73. The molecule has 1 aromatic heterocycles. The van der Waals surface area contributed by atoms with Crippen LogP contribution in [0.5, 0.6) is 11.6 Å². The number of hydrogen-bond donors (Lipinski definition) is 2. The summed E-state index contributed by atoms with van der Waals surface area (Å²) >= 11 is 0. The number of aromatic nitrogens is 1. The zero-order chi connectivity index (χ0) is 19.6. The van der Waals surface area contributed by atoms with E-state index in [9.17, 15) is 9.59 Å².